The van der Waals surface area contributed by atoms with Crippen LogP contribution in [0, 0.1) is 0 Å². The molecule has 0 fully saturated rings. The number of pyridine rings is 1. The van der Waals surface area contributed by atoms with Crippen molar-refractivity contribution in [3.8, 4) is 0 Å². The number of esters is 1. The molecule has 1 rings (SSSR count). The molecule has 0 radical (unpaired) electrons. The van der Waals surface area contributed by atoms with E-state index in [1.54, 1.807) is 0 Å². The Morgan fingerprint density at radius 1 is 1.40 bits per heavy atom. The van der Waals surface area contributed by atoms with Gasteiger partial charge in [0, 0.05) is 6.54 Å². The van der Waals surface area contributed by atoms with Crippen molar-refractivity contribution in [1.29, 1.82) is 0 Å². The van der Waals surface area contributed by atoms with Crippen LogP contribution in [0.15, 0.2) is 6.07 Å². The van der Waals surface area contributed by atoms with Crippen molar-refractivity contribution in [2.24, 2.45) is 5.73 Å². The maximum absolute atomic E-state index is 12.8. The first-order valence-electron chi connectivity index (χ1n) is 5.35. The highest BCUT2D eigenvalue weighted by molar-refractivity contribution is 5.72. The van der Waals surface area contributed by atoms with Crippen LogP contribution in [0.3, 0.4) is 0 Å². The summed E-state index contributed by atoms with van der Waals surface area (Å²) in [6.45, 7) is -0.418. The lowest BCUT2D eigenvalue weighted by Crippen LogP contribution is -2.19. The number of hydrogen-bond acceptors (Lipinski definition) is 4. The standard InChI is InChI=1S/C11H11F5N2O2/c1-20-7(19)3-5-2-6(4-17)8(10(12)13)18-9(5)11(14,15)16/h2,10H,3-4,17H2,1H3. The highest BCUT2D eigenvalue weighted by Gasteiger charge is 2.37. The molecule has 0 aliphatic heterocycles. The van der Waals surface area contributed by atoms with Gasteiger partial charge in [-0.15, -0.1) is 0 Å². The number of alkyl halides is 5. The van der Waals surface area contributed by atoms with E-state index in [1.807, 2.05) is 0 Å². The minimum Gasteiger partial charge on any atom is -0.469 e. The molecule has 1 heterocycles. The summed E-state index contributed by atoms with van der Waals surface area (Å²) in [4.78, 5) is 14.0. The summed E-state index contributed by atoms with van der Waals surface area (Å²) < 4.78 is 68.0. The van der Waals surface area contributed by atoms with Crippen LogP contribution >= 0.6 is 0 Å². The zero-order valence-electron chi connectivity index (χ0n) is 10.3. The quantitative estimate of drug-likeness (QED) is 0.683. The van der Waals surface area contributed by atoms with Crippen LogP contribution in [-0.4, -0.2) is 18.1 Å². The Bertz CT molecular complexity index is 502. The molecular formula is C11H11F5N2O2. The number of aromatic nitrogens is 1. The summed E-state index contributed by atoms with van der Waals surface area (Å²) in [5, 5.41) is 0. The summed E-state index contributed by atoms with van der Waals surface area (Å²) in [7, 11) is 1.00. The highest BCUT2D eigenvalue weighted by atomic mass is 19.4. The van der Waals surface area contributed by atoms with E-state index in [9.17, 15) is 26.7 Å². The number of halogens is 5. The number of methoxy groups -OCH3 is 1. The van der Waals surface area contributed by atoms with Gasteiger partial charge in [-0.3, -0.25) is 4.79 Å². The first-order chi connectivity index (χ1) is 9.20. The maximum Gasteiger partial charge on any atom is 0.433 e. The molecule has 1 aromatic heterocycles. The number of nitrogens with two attached hydrogens (primary N) is 1. The van der Waals surface area contributed by atoms with Crippen molar-refractivity contribution < 1.29 is 31.5 Å². The van der Waals surface area contributed by atoms with Gasteiger partial charge in [-0.2, -0.15) is 13.2 Å². The first-order valence-corrected chi connectivity index (χ1v) is 5.35. The van der Waals surface area contributed by atoms with Gasteiger partial charge in [0.15, 0.2) is 0 Å². The molecule has 0 amide bonds. The number of nitrogens with zero attached hydrogens (tertiary/aromatic N) is 1. The molecule has 0 bridgehead atoms. The van der Waals surface area contributed by atoms with Crippen LogP contribution in [0.5, 0.6) is 0 Å². The smallest absolute Gasteiger partial charge is 0.433 e. The van der Waals surface area contributed by atoms with Gasteiger partial charge >= 0.3 is 12.1 Å². The topological polar surface area (TPSA) is 65.2 Å². The van der Waals surface area contributed by atoms with Gasteiger partial charge in [-0.25, -0.2) is 13.8 Å². The van der Waals surface area contributed by atoms with Crippen molar-refractivity contribution in [2.45, 2.75) is 25.6 Å². The number of hydrogen-bond donors (Lipinski definition) is 1. The van der Waals surface area contributed by atoms with E-state index in [4.69, 9.17) is 5.73 Å². The zero-order chi connectivity index (χ0) is 15.5. The second-order valence-corrected chi connectivity index (χ2v) is 3.80. The fourth-order valence-corrected chi connectivity index (χ4v) is 1.58. The lowest BCUT2D eigenvalue weighted by atomic mass is 10.0. The van der Waals surface area contributed by atoms with Crippen molar-refractivity contribution in [2.75, 3.05) is 7.11 Å². The third-order valence-corrected chi connectivity index (χ3v) is 2.47. The molecule has 112 valence electrons. The molecule has 0 saturated carbocycles. The molecule has 2 N–H and O–H groups in total. The summed E-state index contributed by atoms with van der Waals surface area (Å²) in [5.41, 5.74) is 1.85. The van der Waals surface area contributed by atoms with Crippen LogP contribution < -0.4 is 5.73 Å². The summed E-state index contributed by atoms with van der Waals surface area (Å²) in [6, 6.07) is 0.814. The lowest BCUT2D eigenvalue weighted by Gasteiger charge is -2.15. The number of rotatable bonds is 4. The van der Waals surface area contributed by atoms with Gasteiger partial charge in [-0.05, 0) is 17.2 Å². The van der Waals surface area contributed by atoms with Gasteiger partial charge in [0.25, 0.3) is 6.43 Å². The number of carbonyl (C=O) groups is 1. The van der Waals surface area contributed by atoms with E-state index in [1.165, 1.54) is 0 Å². The molecule has 0 aromatic carbocycles. The van der Waals surface area contributed by atoms with E-state index in [2.05, 4.69) is 9.72 Å². The molecular weight excluding hydrogens is 287 g/mol. The second kappa shape index (κ2) is 6.12. The fraction of sp³-hybridized carbons (Fsp3) is 0.455. The van der Waals surface area contributed by atoms with E-state index in [0.717, 1.165) is 13.2 Å². The van der Waals surface area contributed by atoms with Gasteiger partial charge in [0.2, 0.25) is 0 Å². The van der Waals surface area contributed by atoms with E-state index in [0.29, 0.717) is 0 Å². The summed E-state index contributed by atoms with van der Waals surface area (Å²) in [5.74, 6) is -0.940. The van der Waals surface area contributed by atoms with E-state index >= 15 is 0 Å². The molecule has 4 nitrogen and oxygen atoms in total. The Morgan fingerprint density at radius 2 is 2.00 bits per heavy atom. The Labute approximate surface area is 110 Å². The molecule has 0 atom stereocenters. The monoisotopic (exact) mass is 298 g/mol. The number of carbonyl (C=O) groups excluding carboxylic acids is 1. The predicted octanol–water partition coefficient (Wildman–Crippen LogP) is 2.21. The van der Waals surface area contributed by atoms with Gasteiger partial charge < -0.3 is 10.5 Å². The molecule has 9 heteroatoms. The largest absolute Gasteiger partial charge is 0.469 e. The third kappa shape index (κ3) is 3.62. The van der Waals surface area contributed by atoms with Crippen molar-refractivity contribution in [1.82, 2.24) is 4.98 Å². The van der Waals surface area contributed by atoms with Crippen molar-refractivity contribution in [3.05, 3.63) is 28.6 Å². The zero-order valence-corrected chi connectivity index (χ0v) is 10.3. The van der Waals surface area contributed by atoms with Crippen molar-refractivity contribution >= 4 is 5.97 Å². The second-order valence-electron chi connectivity index (χ2n) is 3.80. The fourth-order valence-electron chi connectivity index (χ4n) is 1.58. The summed E-state index contributed by atoms with van der Waals surface area (Å²) in [6.07, 6.45) is -8.88. The average molecular weight is 298 g/mol. The lowest BCUT2D eigenvalue weighted by molar-refractivity contribution is -0.143. The Balaban J connectivity index is 3.43. The first kappa shape index (κ1) is 16.3. The maximum atomic E-state index is 12.8. The minimum atomic E-state index is -4.96. The normalized spacial score (nSPS) is 11.8. The summed E-state index contributed by atoms with van der Waals surface area (Å²) >= 11 is 0. The predicted molar refractivity (Wildman–Crippen MR) is 57.8 cm³/mol. The van der Waals surface area contributed by atoms with Gasteiger partial charge in [0.1, 0.15) is 11.4 Å². The van der Waals surface area contributed by atoms with Crippen molar-refractivity contribution in [3.63, 3.8) is 0 Å². The molecule has 0 spiro atoms. The molecule has 0 unspecified atom stereocenters. The van der Waals surface area contributed by atoms with Crippen LogP contribution in [0.4, 0.5) is 22.0 Å². The minimum absolute atomic E-state index is 0.244. The average Bonchev–Trinajstić information content (AvgIpc) is 2.36. The van der Waals surface area contributed by atoms with Crippen LogP contribution in [0.25, 0.3) is 0 Å². The molecule has 1 aromatic rings. The number of ether oxygens (including phenoxy) is 1. The third-order valence-electron chi connectivity index (χ3n) is 2.47. The Kier molecular flexibility index (Phi) is 4.98. The van der Waals surface area contributed by atoms with Gasteiger partial charge in [0.05, 0.1) is 13.5 Å². The highest BCUT2D eigenvalue weighted by Crippen LogP contribution is 2.34. The Morgan fingerprint density at radius 3 is 2.40 bits per heavy atom. The van der Waals surface area contributed by atoms with Gasteiger partial charge in [-0.1, -0.05) is 0 Å². The molecule has 20 heavy (non-hydrogen) atoms. The molecule has 0 aliphatic carbocycles. The van der Waals surface area contributed by atoms with Crippen LogP contribution in [-0.2, 0) is 28.7 Å². The SMILES string of the molecule is COC(=O)Cc1cc(CN)c(C(F)F)nc1C(F)(F)F. The van der Waals surface area contributed by atoms with E-state index < -0.39 is 48.5 Å². The Hall–Kier alpha value is -1.77. The van der Waals surface area contributed by atoms with Crippen LogP contribution in [0.2, 0.25) is 0 Å². The van der Waals surface area contributed by atoms with Crippen LogP contribution in [0.1, 0.15) is 28.9 Å². The molecule has 0 aliphatic rings. The molecule has 0 saturated heterocycles. The van der Waals surface area contributed by atoms with E-state index in [-0.39, 0.29) is 5.56 Å².